The minimum absolute atomic E-state index is 0.0413. The molecule has 3 aromatic heterocycles. The topological polar surface area (TPSA) is 94.9 Å². The molecule has 1 aromatic carbocycles. The van der Waals surface area contributed by atoms with Gasteiger partial charge in [-0.25, -0.2) is 4.98 Å². The maximum Gasteiger partial charge on any atom is 0.471 e. The fraction of sp³-hybridized carbons (Fsp3) is 0.118. The van der Waals surface area contributed by atoms with Crippen molar-refractivity contribution in [2.45, 2.75) is 11.4 Å². The molecule has 4 rings (SSSR count). The van der Waals surface area contributed by atoms with Crippen molar-refractivity contribution >= 4 is 28.6 Å². The van der Waals surface area contributed by atoms with Crippen LogP contribution in [0.25, 0.3) is 22.5 Å². The van der Waals surface area contributed by atoms with Crippen molar-refractivity contribution in [1.82, 2.24) is 20.1 Å². The minimum Gasteiger partial charge on any atom is -0.431 e. The van der Waals surface area contributed by atoms with Gasteiger partial charge in [0.15, 0.2) is 11.4 Å². The molecule has 0 aliphatic carbocycles. The van der Waals surface area contributed by atoms with E-state index in [9.17, 15) is 18.0 Å². The molecule has 0 spiro atoms. The molecule has 0 saturated carbocycles. The summed E-state index contributed by atoms with van der Waals surface area (Å²) in [5.74, 6) is -1.96. The lowest BCUT2D eigenvalue weighted by molar-refractivity contribution is -0.159. The van der Waals surface area contributed by atoms with E-state index in [-0.39, 0.29) is 28.6 Å². The van der Waals surface area contributed by atoms with Crippen LogP contribution in [0, 0.1) is 0 Å². The largest absolute Gasteiger partial charge is 0.471 e. The Morgan fingerprint density at radius 2 is 1.93 bits per heavy atom. The summed E-state index contributed by atoms with van der Waals surface area (Å²) in [6, 6.07) is 10.0. The third-order valence-corrected chi connectivity index (χ3v) is 4.40. The van der Waals surface area contributed by atoms with E-state index in [0.29, 0.717) is 16.3 Å². The molecule has 0 saturated heterocycles. The number of nitrogens with zero attached hydrogens (tertiary/aromatic N) is 4. The number of para-hydroxylation sites is 2. The van der Waals surface area contributed by atoms with E-state index in [2.05, 4.69) is 24.6 Å². The van der Waals surface area contributed by atoms with Gasteiger partial charge in [0.1, 0.15) is 11.2 Å². The number of carbonyl (C=O) groups excluding carboxylic acids is 1. The number of hydrogen-bond acceptors (Lipinski definition) is 8. The van der Waals surface area contributed by atoms with Crippen LogP contribution in [0.4, 0.5) is 13.2 Å². The minimum atomic E-state index is -4.73. The number of rotatable bonds is 5. The van der Waals surface area contributed by atoms with Gasteiger partial charge in [-0.2, -0.15) is 18.2 Å². The molecule has 4 aromatic rings. The summed E-state index contributed by atoms with van der Waals surface area (Å²) < 4.78 is 47.2. The molecule has 3 heterocycles. The zero-order chi connectivity index (χ0) is 19.7. The summed E-state index contributed by atoms with van der Waals surface area (Å²) in [6.45, 7) is 0. The van der Waals surface area contributed by atoms with E-state index < -0.39 is 12.1 Å². The maximum atomic E-state index is 12.5. The molecule has 0 N–H and O–H groups in total. The Kier molecular flexibility index (Phi) is 4.59. The SMILES string of the molecule is O=C(CSc1nc2ccccc2o1)c1ccc(-c2noc(C(F)(F)F)n2)cn1. The van der Waals surface area contributed by atoms with E-state index in [1.807, 2.05) is 12.1 Å². The maximum absolute atomic E-state index is 12.5. The second kappa shape index (κ2) is 7.08. The van der Waals surface area contributed by atoms with Gasteiger partial charge in [0.2, 0.25) is 5.82 Å². The Balaban J connectivity index is 1.43. The Morgan fingerprint density at radius 3 is 2.61 bits per heavy atom. The van der Waals surface area contributed by atoms with E-state index >= 15 is 0 Å². The molecule has 0 bridgehead atoms. The number of benzene rings is 1. The van der Waals surface area contributed by atoms with Gasteiger partial charge in [-0.3, -0.25) is 9.78 Å². The number of ketones is 1. The van der Waals surface area contributed by atoms with Crippen LogP contribution in [-0.2, 0) is 6.18 Å². The quantitative estimate of drug-likeness (QED) is 0.358. The van der Waals surface area contributed by atoms with Crippen molar-refractivity contribution in [1.29, 1.82) is 0 Å². The van der Waals surface area contributed by atoms with Gasteiger partial charge in [0.25, 0.3) is 5.22 Å². The highest BCUT2D eigenvalue weighted by Gasteiger charge is 2.38. The average molecular weight is 406 g/mol. The Labute approximate surface area is 159 Å². The molecule has 11 heteroatoms. The number of carbonyl (C=O) groups is 1. The third kappa shape index (κ3) is 3.74. The van der Waals surface area contributed by atoms with Gasteiger partial charge in [-0.15, -0.1) is 0 Å². The number of hydrogen-bond donors (Lipinski definition) is 0. The number of Topliss-reactive ketones (excluding diaryl/α,β-unsaturated/α-hetero) is 1. The highest BCUT2D eigenvalue weighted by Crippen LogP contribution is 2.29. The van der Waals surface area contributed by atoms with Crippen molar-refractivity contribution in [2.75, 3.05) is 5.75 Å². The molecule has 0 amide bonds. The van der Waals surface area contributed by atoms with Crippen LogP contribution < -0.4 is 0 Å². The molecule has 0 atom stereocenters. The summed E-state index contributed by atoms with van der Waals surface area (Å²) in [7, 11) is 0. The fourth-order valence-electron chi connectivity index (χ4n) is 2.26. The summed E-state index contributed by atoms with van der Waals surface area (Å²) >= 11 is 1.12. The summed E-state index contributed by atoms with van der Waals surface area (Å²) in [5, 5.41) is 3.63. The molecule has 142 valence electrons. The monoisotopic (exact) mass is 406 g/mol. The van der Waals surface area contributed by atoms with Crippen molar-refractivity contribution in [3.8, 4) is 11.4 Å². The lowest BCUT2D eigenvalue weighted by Crippen LogP contribution is -2.05. The lowest BCUT2D eigenvalue weighted by Gasteiger charge is -2.00. The number of thioether (sulfide) groups is 1. The first-order valence-corrected chi connectivity index (χ1v) is 8.77. The van der Waals surface area contributed by atoms with Crippen LogP contribution in [0.2, 0.25) is 0 Å². The molecule has 0 radical (unpaired) electrons. The van der Waals surface area contributed by atoms with E-state index in [4.69, 9.17) is 4.42 Å². The van der Waals surface area contributed by atoms with Gasteiger partial charge < -0.3 is 8.94 Å². The number of alkyl halides is 3. The van der Waals surface area contributed by atoms with Crippen molar-refractivity contribution in [2.24, 2.45) is 0 Å². The zero-order valence-corrected chi connectivity index (χ0v) is 14.6. The van der Waals surface area contributed by atoms with Gasteiger partial charge in [-0.05, 0) is 24.3 Å². The number of fused-ring (bicyclic) bond motifs is 1. The summed E-state index contributed by atoms with van der Waals surface area (Å²) in [6.07, 6.45) is -3.52. The molecular weight excluding hydrogens is 397 g/mol. The van der Waals surface area contributed by atoms with Crippen molar-refractivity contribution in [3.05, 3.63) is 54.2 Å². The average Bonchev–Trinajstić information content (AvgIpc) is 3.33. The van der Waals surface area contributed by atoms with Gasteiger partial charge in [0, 0.05) is 11.8 Å². The molecule has 0 unspecified atom stereocenters. The number of halogens is 3. The summed E-state index contributed by atoms with van der Waals surface area (Å²) in [4.78, 5) is 23.8. The Bertz CT molecular complexity index is 1110. The predicted molar refractivity (Wildman–Crippen MR) is 91.6 cm³/mol. The standard InChI is InChI=1S/C17H9F3N4O3S/c18-17(19,20)15-23-14(24-27-15)9-5-6-10(21-7-9)12(25)8-28-16-22-11-3-1-2-4-13(11)26-16/h1-7H,8H2. The van der Waals surface area contributed by atoms with Crippen LogP contribution in [0.3, 0.4) is 0 Å². The lowest BCUT2D eigenvalue weighted by atomic mass is 10.2. The third-order valence-electron chi connectivity index (χ3n) is 3.58. The van der Waals surface area contributed by atoms with Crippen LogP contribution in [0.5, 0.6) is 0 Å². The Morgan fingerprint density at radius 1 is 1.11 bits per heavy atom. The fourth-order valence-corrected chi connectivity index (χ4v) is 2.98. The van der Waals surface area contributed by atoms with Gasteiger partial charge in [-0.1, -0.05) is 29.1 Å². The van der Waals surface area contributed by atoms with Crippen LogP contribution in [0.1, 0.15) is 16.4 Å². The number of aromatic nitrogens is 4. The summed E-state index contributed by atoms with van der Waals surface area (Å²) in [5.41, 5.74) is 1.66. The Hall–Kier alpha value is -3.21. The van der Waals surface area contributed by atoms with Crippen molar-refractivity contribution < 1.29 is 26.9 Å². The van der Waals surface area contributed by atoms with Crippen LogP contribution in [0.15, 0.2) is 56.8 Å². The molecule has 0 aliphatic heterocycles. The molecule has 0 fully saturated rings. The smallest absolute Gasteiger partial charge is 0.431 e. The van der Waals surface area contributed by atoms with E-state index in [0.717, 1.165) is 11.8 Å². The normalized spacial score (nSPS) is 11.8. The van der Waals surface area contributed by atoms with Crippen LogP contribution in [-0.4, -0.2) is 31.6 Å². The van der Waals surface area contributed by atoms with E-state index in [1.165, 1.54) is 18.3 Å². The zero-order valence-electron chi connectivity index (χ0n) is 13.8. The highest BCUT2D eigenvalue weighted by atomic mass is 32.2. The second-order valence-corrected chi connectivity index (χ2v) is 6.44. The second-order valence-electron chi connectivity index (χ2n) is 5.51. The first-order chi connectivity index (χ1) is 13.4. The first kappa shape index (κ1) is 18.2. The molecular formula is C17H9F3N4O3S. The van der Waals surface area contributed by atoms with Gasteiger partial charge >= 0.3 is 12.1 Å². The molecule has 7 nitrogen and oxygen atoms in total. The molecule has 0 aliphatic rings. The van der Waals surface area contributed by atoms with E-state index in [1.54, 1.807) is 12.1 Å². The molecule has 28 heavy (non-hydrogen) atoms. The van der Waals surface area contributed by atoms with Gasteiger partial charge in [0.05, 0.1) is 5.75 Å². The first-order valence-electron chi connectivity index (χ1n) is 7.79. The highest BCUT2D eigenvalue weighted by molar-refractivity contribution is 7.99. The predicted octanol–water partition coefficient (Wildman–Crippen LogP) is 4.27. The number of pyridine rings is 1. The van der Waals surface area contributed by atoms with Crippen molar-refractivity contribution in [3.63, 3.8) is 0 Å². The number of oxazole rings is 1. The van der Waals surface area contributed by atoms with Crippen LogP contribution >= 0.6 is 11.8 Å².